The number of aliphatic hydroxyl groups excluding tert-OH is 1. The Bertz CT molecular complexity index is 670. The van der Waals surface area contributed by atoms with Crippen LogP contribution in [-0.4, -0.2) is 37.3 Å². The lowest BCUT2D eigenvalue weighted by atomic mass is 10.1. The van der Waals surface area contributed by atoms with Crippen molar-refractivity contribution in [2.75, 3.05) is 19.6 Å². The normalized spacial score (nSPS) is 12.4. The monoisotopic (exact) mass is 511 g/mol. The van der Waals surface area contributed by atoms with Gasteiger partial charge in [-0.3, -0.25) is 4.99 Å². The fourth-order valence-electron chi connectivity index (χ4n) is 2.26. The molecule has 27 heavy (non-hydrogen) atoms. The van der Waals surface area contributed by atoms with Crippen molar-refractivity contribution in [3.05, 3.63) is 52.2 Å². The van der Waals surface area contributed by atoms with Gasteiger partial charge in [0.15, 0.2) is 5.96 Å². The molecule has 1 aromatic heterocycles. The molecular formula is C18H24F2IN3O2S. The molecule has 0 aliphatic heterocycles. The molecule has 2 rings (SSSR count). The third-order valence-corrected chi connectivity index (χ3v) is 4.44. The van der Waals surface area contributed by atoms with Gasteiger partial charge in [-0.1, -0.05) is 18.2 Å². The van der Waals surface area contributed by atoms with E-state index < -0.39 is 12.7 Å². The molecule has 1 heterocycles. The van der Waals surface area contributed by atoms with Gasteiger partial charge in [-0.25, -0.2) is 0 Å². The van der Waals surface area contributed by atoms with E-state index in [2.05, 4.69) is 26.4 Å². The fraction of sp³-hybridized carbons (Fsp3) is 0.389. The highest BCUT2D eigenvalue weighted by Gasteiger charge is 2.09. The molecule has 0 saturated heterocycles. The van der Waals surface area contributed by atoms with Crippen molar-refractivity contribution in [3.8, 4) is 5.75 Å². The third-order valence-electron chi connectivity index (χ3n) is 3.50. The molecular weight excluding hydrogens is 487 g/mol. The minimum absolute atomic E-state index is 0. The van der Waals surface area contributed by atoms with Crippen molar-refractivity contribution >= 4 is 41.3 Å². The first-order valence-corrected chi connectivity index (χ1v) is 9.24. The summed E-state index contributed by atoms with van der Waals surface area (Å²) in [5, 5.41) is 18.6. The Morgan fingerprint density at radius 1 is 1.22 bits per heavy atom. The van der Waals surface area contributed by atoms with Crippen molar-refractivity contribution in [2.24, 2.45) is 4.99 Å². The summed E-state index contributed by atoms with van der Waals surface area (Å²) in [7, 11) is 0. The van der Waals surface area contributed by atoms with E-state index in [0.29, 0.717) is 18.1 Å². The number of halogens is 3. The Kier molecular flexibility index (Phi) is 11.2. The van der Waals surface area contributed by atoms with Crippen LogP contribution in [0.25, 0.3) is 0 Å². The molecule has 2 aromatic rings. The zero-order chi connectivity index (χ0) is 18.8. The minimum Gasteiger partial charge on any atom is -0.435 e. The number of thiophene rings is 1. The van der Waals surface area contributed by atoms with Gasteiger partial charge in [0, 0.05) is 18.0 Å². The highest BCUT2D eigenvalue weighted by Crippen LogP contribution is 2.19. The van der Waals surface area contributed by atoms with Gasteiger partial charge >= 0.3 is 6.61 Å². The van der Waals surface area contributed by atoms with E-state index in [-0.39, 0.29) is 36.3 Å². The summed E-state index contributed by atoms with van der Waals surface area (Å²) >= 11 is 1.71. The molecule has 150 valence electrons. The number of hydrogen-bond acceptors (Lipinski definition) is 4. The molecule has 0 fully saturated rings. The Hall–Kier alpha value is -1.46. The van der Waals surface area contributed by atoms with Gasteiger partial charge < -0.3 is 20.5 Å². The van der Waals surface area contributed by atoms with Crippen LogP contribution in [0, 0.1) is 0 Å². The van der Waals surface area contributed by atoms with Crippen LogP contribution in [-0.2, 0) is 6.42 Å². The van der Waals surface area contributed by atoms with E-state index in [9.17, 15) is 13.9 Å². The number of aliphatic hydroxyl groups is 1. The molecule has 0 bridgehead atoms. The summed E-state index contributed by atoms with van der Waals surface area (Å²) in [4.78, 5) is 5.67. The standard InChI is InChI=1S/C18H23F2N3O2S.HI/c1-2-21-18(22-10-9-15-4-3-11-26-15)23-12-16(24)13-5-7-14(8-6-13)25-17(19)20;/h3-8,11,16-17,24H,2,9-10,12H2,1H3,(H2,21,22,23);1H. The lowest BCUT2D eigenvalue weighted by Gasteiger charge is -2.13. The smallest absolute Gasteiger partial charge is 0.387 e. The Morgan fingerprint density at radius 2 is 1.96 bits per heavy atom. The molecule has 9 heteroatoms. The lowest BCUT2D eigenvalue weighted by molar-refractivity contribution is -0.0498. The molecule has 1 unspecified atom stereocenters. The second-order valence-corrected chi connectivity index (χ2v) is 6.47. The summed E-state index contributed by atoms with van der Waals surface area (Å²) in [5.74, 6) is 0.684. The summed E-state index contributed by atoms with van der Waals surface area (Å²) in [6, 6.07) is 10.0. The van der Waals surface area contributed by atoms with Crippen LogP contribution in [0.2, 0.25) is 0 Å². The van der Waals surface area contributed by atoms with E-state index in [1.807, 2.05) is 18.4 Å². The van der Waals surface area contributed by atoms with Gasteiger partial charge in [-0.2, -0.15) is 8.78 Å². The van der Waals surface area contributed by atoms with Crippen molar-refractivity contribution < 1.29 is 18.6 Å². The van der Waals surface area contributed by atoms with E-state index >= 15 is 0 Å². The molecule has 0 saturated carbocycles. The van der Waals surface area contributed by atoms with Gasteiger partial charge in [0.25, 0.3) is 0 Å². The molecule has 5 nitrogen and oxygen atoms in total. The molecule has 0 radical (unpaired) electrons. The SMILES string of the molecule is CCNC(=NCC(O)c1ccc(OC(F)F)cc1)NCCc1cccs1.I. The maximum Gasteiger partial charge on any atom is 0.387 e. The minimum atomic E-state index is -2.86. The van der Waals surface area contributed by atoms with Crippen molar-refractivity contribution in [1.29, 1.82) is 0 Å². The molecule has 0 aliphatic carbocycles. The number of nitrogens with zero attached hydrogens (tertiary/aromatic N) is 1. The maximum atomic E-state index is 12.2. The molecule has 3 N–H and O–H groups in total. The number of benzene rings is 1. The van der Waals surface area contributed by atoms with E-state index in [4.69, 9.17) is 0 Å². The van der Waals surface area contributed by atoms with Gasteiger partial charge in [0.1, 0.15) is 5.75 Å². The van der Waals surface area contributed by atoms with Crippen molar-refractivity contribution in [3.63, 3.8) is 0 Å². The Labute approximate surface area is 178 Å². The quantitative estimate of drug-likeness (QED) is 0.272. The predicted molar refractivity (Wildman–Crippen MR) is 115 cm³/mol. The van der Waals surface area contributed by atoms with E-state index in [1.165, 1.54) is 17.0 Å². The van der Waals surface area contributed by atoms with Crippen LogP contribution in [0.5, 0.6) is 5.75 Å². The highest BCUT2D eigenvalue weighted by molar-refractivity contribution is 14.0. The van der Waals surface area contributed by atoms with Crippen molar-refractivity contribution in [2.45, 2.75) is 26.1 Å². The number of nitrogens with one attached hydrogen (secondary N) is 2. The second kappa shape index (κ2) is 12.8. The topological polar surface area (TPSA) is 65.9 Å². The van der Waals surface area contributed by atoms with Crippen LogP contribution < -0.4 is 15.4 Å². The predicted octanol–water partition coefficient (Wildman–Crippen LogP) is 3.80. The summed E-state index contributed by atoms with van der Waals surface area (Å²) in [5.41, 5.74) is 0.588. The average molecular weight is 511 g/mol. The lowest BCUT2D eigenvalue weighted by Crippen LogP contribution is -2.38. The number of alkyl halides is 2. The second-order valence-electron chi connectivity index (χ2n) is 5.44. The maximum absolute atomic E-state index is 12.2. The van der Waals surface area contributed by atoms with Gasteiger partial charge in [-0.15, -0.1) is 35.3 Å². The number of aliphatic imine (C=N–C) groups is 1. The van der Waals surface area contributed by atoms with Crippen LogP contribution in [0.1, 0.15) is 23.5 Å². The average Bonchev–Trinajstić information content (AvgIpc) is 3.13. The Balaban J connectivity index is 0.00000364. The molecule has 1 atom stereocenters. The van der Waals surface area contributed by atoms with Crippen LogP contribution in [0.4, 0.5) is 8.78 Å². The van der Waals surface area contributed by atoms with E-state index in [0.717, 1.165) is 13.0 Å². The van der Waals surface area contributed by atoms with E-state index in [1.54, 1.807) is 23.5 Å². The largest absolute Gasteiger partial charge is 0.435 e. The van der Waals surface area contributed by atoms with Gasteiger partial charge in [0.05, 0.1) is 12.6 Å². The number of hydrogen-bond donors (Lipinski definition) is 3. The van der Waals surface area contributed by atoms with Crippen molar-refractivity contribution in [1.82, 2.24) is 10.6 Å². The summed E-state index contributed by atoms with van der Waals surface area (Å²) < 4.78 is 28.6. The number of ether oxygens (including phenoxy) is 1. The van der Waals surface area contributed by atoms with Gasteiger partial charge in [0.2, 0.25) is 0 Å². The zero-order valence-corrected chi connectivity index (χ0v) is 18.0. The summed E-state index contributed by atoms with van der Waals surface area (Å²) in [6.45, 7) is 0.707. The molecule has 0 aliphatic rings. The zero-order valence-electron chi connectivity index (χ0n) is 14.9. The first-order chi connectivity index (χ1) is 12.6. The number of guanidine groups is 1. The Morgan fingerprint density at radius 3 is 2.56 bits per heavy atom. The van der Waals surface area contributed by atoms with Gasteiger partial charge in [-0.05, 0) is 42.5 Å². The molecule has 1 aromatic carbocycles. The molecule has 0 amide bonds. The first kappa shape index (κ1) is 23.6. The fourth-order valence-corrected chi connectivity index (χ4v) is 2.96. The first-order valence-electron chi connectivity index (χ1n) is 8.36. The summed E-state index contributed by atoms with van der Waals surface area (Å²) in [6.07, 6.45) is 0.0688. The van der Waals surface area contributed by atoms with Crippen LogP contribution in [0.3, 0.4) is 0 Å². The van der Waals surface area contributed by atoms with Crippen LogP contribution in [0.15, 0.2) is 46.8 Å². The number of rotatable bonds is 9. The third kappa shape index (κ3) is 8.85. The van der Waals surface area contributed by atoms with Crippen LogP contribution >= 0.6 is 35.3 Å². The molecule has 0 spiro atoms. The highest BCUT2D eigenvalue weighted by atomic mass is 127.